The van der Waals surface area contributed by atoms with E-state index in [1.807, 2.05) is 30.3 Å². The number of hydrogen-bond acceptors (Lipinski definition) is 4. The third-order valence-electron chi connectivity index (χ3n) is 5.06. The lowest BCUT2D eigenvalue weighted by atomic mass is 10.1. The van der Waals surface area contributed by atoms with Crippen LogP contribution in [0.5, 0.6) is 5.75 Å². The van der Waals surface area contributed by atoms with Crippen molar-refractivity contribution in [2.45, 2.75) is 20.4 Å². The molecule has 0 bridgehead atoms. The second-order valence-corrected chi connectivity index (χ2v) is 7.77. The molecule has 0 saturated carbocycles. The molecule has 1 N–H and O–H groups in total. The lowest BCUT2D eigenvalue weighted by Gasteiger charge is -2.36. The van der Waals surface area contributed by atoms with Crippen molar-refractivity contribution in [1.29, 1.82) is 0 Å². The van der Waals surface area contributed by atoms with Crippen molar-refractivity contribution < 1.29 is 9.53 Å². The first-order valence-electron chi connectivity index (χ1n) is 10.0. The Kier molecular flexibility index (Phi) is 6.93. The number of amides is 1. The van der Waals surface area contributed by atoms with E-state index in [1.54, 1.807) is 7.11 Å². The fourth-order valence-corrected chi connectivity index (χ4v) is 3.44. The van der Waals surface area contributed by atoms with E-state index in [4.69, 9.17) is 4.74 Å². The van der Waals surface area contributed by atoms with Crippen molar-refractivity contribution in [2.24, 2.45) is 5.92 Å². The average molecular weight is 382 g/mol. The van der Waals surface area contributed by atoms with Crippen molar-refractivity contribution in [1.82, 2.24) is 10.2 Å². The molecular formula is C23H31N3O2. The maximum absolute atomic E-state index is 12.3. The molecule has 5 nitrogen and oxygen atoms in total. The molecule has 0 aromatic heterocycles. The Morgan fingerprint density at radius 2 is 1.82 bits per heavy atom. The topological polar surface area (TPSA) is 44.8 Å². The first-order valence-corrected chi connectivity index (χ1v) is 10.0. The van der Waals surface area contributed by atoms with Gasteiger partial charge in [0.15, 0.2) is 0 Å². The second-order valence-electron chi connectivity index (χ2n) is 7.77. The molecule has 150 valence electrons. The third-order valence-corrected chi connectivity index (χ3v) is 5.06. The summed E-state index contributed by atoms with van der Waals surface area (Å²) < 4.78 is 5.34. The van der Waals surface area contributed by atoms with Crippen LogP contribution in [0, 0.1) is 5.92 Å². The van der Waals surface area contributed by atoms with Gasteiger partial charge in [-0.2, -0.15) is 0 Å². The SMILES string of the molecule is COc1cccc(N2CCN(Cc3cccc(C(=O)NCC(C)C)c3)CC2)c1. The third kappa shape index (κ3) is 5.49. The van der Waals surface area contributed by atoms with Crippen LogP contribution in [-0.2, 0) is 6.54 Å². The number of methoxy groups -OCH3 is 1. The van der Waals surface area contributed by atoms with Crippen LogP contribution in [0.2, 0.25) is 0 Å². The normalized spacial score (nSPS) is 14.9. The van der Waals surface area contributed by atoms with Crippen LogP contribution in [0.1, 0.15) is 29.8 Å². The summed E-state index contributed by atoms with van der Waals surface area (Å²) in [5.41, 5.74) is 3.14. The Balaban J connectivity index is 1.54. The summed E-state index contributed by atoms with van der Waals surface area (Å²) >= 11 is 0. The van der Waals surface area contributed by atoms with Gasteiger partial charge in [-0.05, 0) is 35.7 Å². The first kappa shape index (κ1) is 20.2. The highest BCUT2D eigenvalue weighted by atomic mass is 16.5. The molecule has 2 aromatic carbocycles. The van der Waals surface area contributed by atoms with E-state index in [1.165, 1.54) is 11.3 Å². The highest BCUT2D eigenvalue weighted by Crippen LogP contribution is 2.22. The summed E-state index contributed by atoms with van der Waals surface area (Å²) in [4.78, 5) is 17.1. The predicted molar refractivity (Wildman–Crippen MR) is 114 cm³/mol. The number of carbonyl (C=O) groups is 1. The van der Waals surface area contributed by atoms with Gasteiger partial charge in [0.05, 0.1) is 7.11 Å². The number of nitrogens with zero attached hydrogens (tertiary/aromatic N) is 2. The van der Waals surface area contributed by atoms with Crippen molar-refractivity contribution >= 4 is 11.6 Å². The zero-order valence-corrected chi connectivity index (χ0v) is 17.1. The largest absolute Gasteiger partial charge is 0.497 e. The molecule has 0 atom stereocenters. The monoisotopic (exact) mass is 381 g/mol. The lowest BCUT2D eigenvalue weighted by molar-refractivity contribution is 0.0949. The van der Waals surface area contributed by atoms with Crippen LogP contribution >= 0.6 is 0 Å². The van der Waals surface area contributed by atoms with E-state index in [9.17, 15) is 4.79 Å². The van der Waals surface area contributed by atoms with Gasteiger partial charge < -0.3 is 15.0 Å². The van der Waals surface area contributed by atoms with Crippen molar-refractivity contribution in [3.05, 3.63) is 59.7 Å². The zero-order chi connectivity index (χ0) is 19.9. The van der Waals surface area contributed by atoms with E-state index >= 15 is 0 Å². The summed E-state index contributed by atoms with van der Waals surface area (Å²) in [6.07, 6.45) is 0. The Morgan fingerprint density at radius 3 is 2.54 bits per heavy atom. The van der Waals surface area contributed by atoms with Gasteiger partial charge in [0.25, 0.3) is 5.91 Å². The molecule has 0 aliphatic carbocycles. The predicted octanol–water partition coefficient (Wildman–Crippen LogP) is 3.40. The number of ether oxygens (including phenoxy) is 1. The molecule has 2 aromatic rings. The summed E-state index contributed by atoms with van der Waals surface area (Å²) in [6, 6.07) is 16.2. The lowest BCUT2D eigenvalue weighted by Crippen LogP contribution is -2.46. The smallest absolute Gasteiger partial charge is 0.251 e. The number of benzene rings is 2. The van der Waals surface area contributed by atoms with Crippen LogP contribution < -0.4 is 15.0 Å². The molecule has 3 rings (SSSR count). The van der Waals surface area contributed by atoms with Gasteiger partial charge in [-0.25, -0.2) is 0 Å². The number of anilines is 1. The first-order chi connectivity index (χ1) is 13.5. The molecule has 0 unspecified atom stereocenters. The van der Waals surface area contributed by atoms with E-state index < -0.39 is 0 Å². The van der Waals surface area contributed by atoms with Crippen LogP contribution in [0.25, 0.3) is 0 Å². The van der Waals surface area contributed by atoms with Crippen molar-refractivity contribution in [3.63, 3.8) is 0 Å². The van der Waals surface area contributed by atoms with Crippen molar-refractivity contribution in [3.8, 4) is 5.75 Å². The second kappa shape index (κ2) is 9.60. The molecule has 1 fully saturated rings. The number of nitrogens with one attached hydrogen (secondary N) is 1. The summed E-state index contributed by atoms with van der Waals surface area (Å²) in [5.74, 6) is 1.36. The quantitative estimate of drug-likeness (QED) is 0.798. The van der Waals surface area contributed by atoms with Gasteiger partial charge in [0, 0.05) is 56.6 Å². The molecule has 1 heterocycles. The molecule has 0 spiro atoms. The molecule has 1 aliphatic heterocycles. The minimum Gasteiger partial charge on any atom is -0.497 e. The highest BCUT2D eigenvalue weighted by Gasteiger charge is 2.18. The minimum atomic E-state index is 0.0124. The van der Waals surface area contributed by atoms with Crippen LogP contribution in [-0.4, -0.2) is 50.6 Å². The van der Waals surface area contributed by atoms with E-state index in [2.05, 4.69) is 47.2 Å². The molecule has 0 radical (unpaired) electrons. The molecule has 1 aliphatic rings. The van der Waals surface area contributed by atoms with Crippen LogP contribution in [0.15, 0.2) is 48.5 Å². The van der Waals surface area contributed by atoms with Gasteiger partial charge in [-0.15, -0.1) is 0 Å². The standard InChI is InChI=1S/C23H31N3O2/c1-18(2)16-24-23(27)20-7-4-6-19(14-20)17-25-10-12-26(13-11-25)21-8-5-9-22(15-21)28-3/h4-9,14-15,18H,10-13,16-17H2,1-3H3,(H,24,27). The number of carbonyl (C=O) groups excluding carboxylic acids is 1. The van der Waals surface area contributed by atoms with Crippen LogP contribution in [0.3, 0.4) is 0 Å². The van der Waals surface area contributed by atoms with Gasteiger partial charge in [0.1, 0.15) is 5.75 Å². The van der Waals surface area contributed by atoms with Gasteiger partial charge in [-0.1, -0.05) is 32.0 Å². The maximum atomic E-state index is 12.3. The summed E-state index contributed by atoms with van der Waals surface area (Å²) in [5, 5.41) is 2.99. The fraction of sp³-hybridized carbons (Fsp3) is 0.435. The zero-order valence-electron chi connectivity index (χ0n) is 17.1. The summed E-state index contributed by atoms with van der Waals surface area (Å²) in [7, 11) is 1.70. The Bertz CT molecular complexity index is 783. The number of piperazine rings is 1. The van der Waals surface area contributed by atoms with Crippen LogP contribution in [0.4, 0.5) is 5.69 Å². The Hall–Kier alpha value is -2.53. The fourth-order valence-electron chi connectivity index (χ4n) is 3.44. The maximum Gasteiger partial charge on any atom is 0.251 e. The Morgan fingerprint density at radius 1 is 1.07 bits per heavy atom. The number of rotatable bonds is 7. The molecular weight excluding hydrogens is 350 g/mol. The molecule has 1 saturated heterocycles. The molecule has 5 heteroatoms. The van der Waals surface area contributed by atoms with Gasteiger partial charge in [-0.3, -0.25) is 9.69 Å². The minimum absolute atomic E-state index is 0.0124. The van der Waals surface area contributed by atoms with Gasteiger partial charge in [0.2, 0.25) is 0 Å². The average Bonchev–Trinajstić information content (AvgIpc) is 2.72. The molecule has 1 amide bonds. The van der Waals surface area contributed by atoms with Crippen molar-refractivity contribution in [2.75, 3.05) is 44.7 Å². The summed E-state index contributed by atoms with van der Waals surface area (Å²) in [6.45, 7) is 9.75. The van der Waals surface area contributed by atoms with E-state index in [0.29, 0.717) is 12.5 Å². The highest BCUT2D eigenvalue weighted by molar-refractivity contribution is 5.94. The molecule has 28 heavy (non-hydrogen) atoms. The van der Waals surface area contributed by atoms with E-state index in [-0.39, 0.29) is 5.91 Å². The van der Waals surface area contributed by atoms with Gasteiger partial charge >= 0.3 is 0 Å². The van der Waals surface area contributed by atoms with E-state index in [0.717, 1.165) is 44.0 Å². The number of hydrogen-bond donors (Lipinski definition) is 1. The Labute approximate surface area is 168 Å².